The molecule has 1 unspecified atom stereocenters. The van der Waals surface area contributed by atoms with Crippen molar-refractivity contribution in [1.82, 2.24) is 10.3 Å². The van der Waals surface area contributed by atoms with Crippen molar-refractivity contribution in [2.75, 3.05) is 0 Å². The second kappa shape index (κ2) is 7.45. The summed E-state index contributed by atoms with van der Waals surface area (Å²) in [6.07, 6.45) is 4.11. The number of nitrogens with one attached hydrogen (secondary N) is 2. The fourth-order valence-corrected chi connectivity index (χ4v) is 5.42. The molecule has 2 saturated carbocycles. The number of pyridine rings is 1. The van der Waals surface area contributed by atoms with Crippen LogP contribution in [0.3, 0.4) is 0 Å². The monoisotopic (exact) mass is 421 g/mol. The number of hydrogen-bond donors (Lipinski definition) is 2. The lowest BCUT2D eigenvalue weighted by molar-refractivity contribution is -0.126. The Bertz CT molecular complexity index is 1310. The van der Waals surface area contributed by atoms with Crippen LogP contribution in [-0.4, -0.2) is 16.9 Å². The summed E-state index contributed by atoms with van der Waals surface area (Å²) in [5.74, 6) is -0.310. The third kappa shape index (κ3) is 3.46. The number of fused-ring (bicyclic) bond motifs is 5. The summed E-state index contributed by atoms with van der Waals surface area (Å²) in [6, 6.07) is 7.66. The molecule has 0 aliphatic heterocycles. The van der Waals surface area contributed by atoms with Gasteiger partial charge < -0.3 is 10.3 Å². The topological polar surface area (TPSA) is 85.8 Å². The van der Waals surface area contributed by atoms with Gasteiger partial charge in [0.15, 0.2) is 0 Å². The molecule has 5 rings (SSSR count). The SMILES string of the molecule is N#CC(Cc1cc2c(=O)[nH]c3ccc(F)cc3c2cc1F)NC(=O)[C@H]1C[C@@H]2CC[C@H]1C2. The van der Waals surface area contributed by atoms with Crippen LogP contribution in [0.2, 0.25) is 0 Å². The van der Waals surface area contributed by atoms with E-state index < -0.39 is 23.2 Å². The molecule has 31 heavy (non-hydrogen) atoms. The molecule has 5 nitrogen and oxygen atoms in total. The van der Waals surface area contributed by atoms with Gasteiger partial charge in [0.2, 0.25) is 5.91 Å². The predicted octanol–water partition coefficient (Wildman–Crippen LogP) is 3.95. The van der Waals surface area contributed by atoms with Crippen LogP contribution in [0.15, 0.2) is 35.1 Å². The third-order valence-corrected chi connectivity index (χ3v) is 6.92. The molecule has 2 bridgehead atoms. The van der Waals surface area contributed by atoms with Gasteiger partial charge in [-0.1, -0.05) is 6.42 Å². The number of carbonyl (C=O) groups is 1. The summed E-state index contributed by atoms with van der Waals surface area (Å²) in [7, 11) is 0. The number of H-pyrrole nitrogens is 1. The highest BCUT2D eigenvalue weighted by molar-refractivity contribution is 6.05. The van der Waals surface area contributed by atoms with Crippen LogP contribution in [0.5, 0.6) is 0 Å². The van der Waals surface area contributed by atoms with E-state index in [4.69, 9.17) is 0 Å². The standard InChI is InChI=1S/C24H21F2N3O2/c25-15-3-4-22-19(9-15)18-10-21(26)14(8-20(18)24(31)29-22)7-16(11-27)28-23(30)17-6-12-1-2-13(17)5-12/h3-4,8-10,12-13,16-17H,1-2,5-7H2,(H,28,30)(H,29,31)/t12-,13+,16?,17+/m1/s1. The molecule has 0 saturated heterocycles. The van der Waals surface area contributed by atoms with Gasteiger partial charge in [0.1, 0.15) is 17.7 Å². The zero-order valence-corrected chi connectivity index (χ0v) is 16.8. The summed E-state index contributed by atoms with van der Waals surface area (Å²) in [5.41, 5.74) is 0.155. The molecule has 2 aliphatic carbocycles. The predicted molar refractivity (Wildman–Crippen MR) is 112 cm³/mol. The van der Waals surface area contributed by atoms with Crippen LogP contribution >= 0.6 is 0 Å². The molecule has 0 radical (unpaired) electrons. The minimum atomic E-state index is -0.893. The minimum Gasteiger partial charge on any atom is -0.340 e. The Balaban J connectivity index is 1.44. The molecule has 1 heterocycles. The van der Waals surface area contributed by atoms with E-state index in [0.717, 1.165) is 19.3 Å². The largest absolute Gasteiger partial charge is 0.340 e. The van der Waals surface area contributed by atoms with Crippen LogP contribution in [0.4, 0.5) is 8.78 Å². The van der Waals surface area contributed by atoms with Crippen molar-refractivity contribution in [2.45, 2.75) is 38.1 Å². The smallest absolute Gasteiger partial charge is 0.256 e. The van der Waals surface area contributed by atoms with Gasteiger partial charge in [0.25, 0.3) is 5.56 Å². The molecule has 2 aliphatic rings. The number of benzene rings is 2. The van der Waals surface area contributed by atoms with E-state index in [0.29, 0.717) is 28.1 Å². The lowest BCUT2D eigenvalue weighted by atomic mass is 9.88. The van der Waals surface area contributed by atoms with E-state index >= 15 is 0 Å². The second-order valence-electron chi connectivity index (χ2n) is 8.81. The number of aromatic nitrogens is 1. The first kappa shape index (κ1) is 19.7. The normalized spacial score (nSPS) is 23.2. The minimum absolute atomic E-state index is 0.0501. The zero-order chi connectivity index (χ0) is 21.7. The summed E-state index contributed by atoms with van der Waals surface area (Å²) >= 11 is 0. The van der Waals surface area contributed by atoms with Gasteiger partial charge in [-0.15, -0.1) is 0 Å². The summed E-state index contributed by atoms with van der Waals surface area (Å²) in [4.78, 5) is 27.9. The van der Waals surface area contributed by atoms with Crippen molar-refractivity contribution in [3.63, 3.8) is 0 Å². The van der Waals surface area contributed by atoms with E-state index in [1.54, 1.807) is 0 Å². The highest BCUT2D eigenvalue weighted by Gasteiger charge is 2.43. The molecule has 2 aromatic carbocycles. The number of carbonyl (C=O) groups excluding carboxylic acids is 1. The first-order valence-electron chi connectivity index (χ1n) is 10.6. The fourth-order valence-electron chi connectivity index (χ4n) is 5.42. The first-order chi connectivity index (χ1) is 14.9. The van der Waals surface area contributed by atoms with E-state index in [1.807, 2.05) is 6.07 Å². The van der Waals surface area contributed by atoms with E-state index in [2.05, 4.69) is 10.3 Å². The van der Waals surface area contributed by atoms with Gasteiger partial charge in [0, 0.05) is 28.6 Å². The van der Waals surface area contributed by atoms with Crippen LogP contribution in [0, 0.1) is 40.7 Å². The van der Waals surface area contributed by atoms with Crippen molar-refractivity contribution in [3.05, 3.63) is 57.9 Å². The summed E-state index contributed by atoms with van der Waals surface area (Å²) in [5, 5.41) is 13.2. The Morgan fingerprint density at radius 1 is 1.16 bits per heavy atom. The number of rotatable bonds is 4. The number of halogens is 2. The Labute approximate surface area is 177 Å². The average Bonchev–Trinajstić information content (AvgIpc) is 3.38. The Hall–Kier alpha value is -3.27. The van der Waals surface area contributed by atoms with Gasteiger partial charge >= 0.3 is 0 Å². The van der Waals surface area contributed by atoms with Crippen molar-refractivity contribution >= 4 is 27.6 Å². The van der Waals surface area contributed by atoms with Crippen molar-refractivity contribution < 1.29 is 13.6 Å². The number of nitriles is 1. The van der Waals surface area contributed by atoms with Crippen LogP contribution in [-0.2, 0) is 11.2 Å². The molecular formula is C24H21F2N3O2. The van der Waals surface area contributed by atoms with E-state index in [9.17, 15) is 23.6 Å². The van der Waals surface area contributed by atoms with Gasteiger partial charge in [-0.05, 0) is 72.4 Å². The number of aromatic amines is 1. The van der Waals surface area contributed by atoms with Crippen molar-refractivity contribution in [2.24, 2.45) is 17.8 Å². The van der Waals surface area contributed by atoms with Crippen LogP contribution in [0.1, 0.15) is 31.2 Å². The number of nitrogens with zero attached hydrogens (tertiary/aromatic N) is 1. The molecule has 158 valence electrons. The van der Waals surface area contributed by atoms with E-state index in [1.165, 1.54) is 36.8 Å². The summed E-state index contributed by atoms with van der Waals surface area (Å²) in [6.45, 7) is 0. The highest BCUT2D eigenvalue weighted by atomic mass is 19.1. The quantitative estimate of drug-likeness (QED) is 0.626. The van der Waals surface area contributed by atoms with E-state index in [-0.39, 0.29) is 29.2 Å². The molecule has 2 fully saturated rings. The Morgan fingerprint density at radius 3 is 2.71 bits per heavy atom. The van der Waals surface area contributed by atoms with Gasteiger partial charge in [-0.3, -0.25) is 9.59 Å². The lowest BCUT2D eigenvalue weighted by Gasteiger charge is -2.22. The highest BCUT2D eigenvalue weighted by Crippen LogP contribution is 2.48. The fraction of sp³-hybridized carbons (Fsp3) is 0.375. The zero-order valence-electron chi connectivity index (χ0n) is 16.8. The molecule has 2 N–H and O–H groups in total. The number of amides is 1. The van der Waals surface area contributed by atoms with Gasteiger partial charge in [-0.2, -0.15) is 5.26 Å². The molecule has 3 aromatic rings. The maximum Gasteiger partial charge on any atom is 0.256 e. The first-order valence-corrected chi connectivity index (χ1v) is 10.6. The molecule has 4 atom stereocenters. The number of hydrogen-bond acceptors (Lipinski definition) is 3. The van der Waals surface area contributed by atoms with Gasteiger partial charge in [-0.25, -0.2) is 8.78 Å². The summed E-state index contributed by atoms with van der Waals surface area (Å²) < 4.78 is 28.6. The molecule has 1 aromatic heterocycles. The maximum absolute atomic E-state index is 14.9. The molecule has 0 spiro atoms. The third-order valence-electron chi connectivity index (χ3n) is 6.92. The van der Waals surface area contributed by atoms with Crippen LogP contribution in [0.25, 0.3) is 21.7 Å². The Morgan fingerprint density at radius 2 is 2.00 bits per heavy atom. The lowest BCUT2D eigenvalue weighted by Crippen LogP contribution is -2.41. The van der Waals surface area contributed by atoms with Crippen molar-refractivity contribution in [1.29, 1.82) is 5.26 Å². The van der Waals surface area contributed by atoms with Gasteiger partial charge in [0.05, 0.1) is 6.07 Å². The Kier molecular flexibility index (Phi) is 4.73. The maximum atomic E-state index is 14.9. The molecule has 7 heteroatoms. The average molecular weight is 421 g/mol. The second-order valence-corrected chi connectivity index (χ2v) is 8.81. The van der Waals surface area contributed by atoms with Crippen LogP contribution < -0.4 is 10.9 Å². The van der Waals surface area contributed by atoms with Crippen molar-refractivity contribution in [3.8, 4) is 6.07 Å². The molecular weight excluding hydrogens is 400 g/mol. The molecule has 1 amide bonds.